The maximum Gasteiger partial charge on any atom is 0.411 e. The zero-order chi connectivity index (χ0) is 30.1. The van der Waals surface area contributed by atoms with E-state index in [9.17, 15) is 14.4 Å². The lowest BCUT2D eigenvalue weighted by Crippen LogP contribution is -2.48. The van der Waals surface area contributed by atoms with E-state index >= 15 is 8.78 Å². The molecule has 2 heterocycles. The summed E-state index contributed by atoms with van der Waals surface area (Å²) < 4.78 is 46.2. The van der Waals surface area contributed by atoms with Gasteiger partial charge >= 0.3 is 11.7 Å². The van der Waals surface area contributed by atoms with Crippen molar-refractivity contribution in [1.82, 2.24) is 10.2 Å². The molecule has 0 saturated carbocycles. The Kier molecular flexibility index (Phi) is 7.94. The zero-order valence-corrected chi connectivity index (χ0v) is 23.7. The quantitative estimate of drug-likeness (QED) is 0.265. The van der Waals surface area contributed by atoms with Crippen molar-refractivity contribution in [2.45, 2.75) is 51.3 Å². The molecule has 5 rings (SSSR count). The number of fused-ring (bicyclic) bond motifs is 1. The van der Waals surface area contributed by atoms with Crippen LogP contribution in [0.25, 0.3) is 11.0 Å². The van der Waals surface area contributed by atoms with Gasteiger partial charge in [-0.25, -0.2) is 18.4 Å². The molecular weight excluding hydrogens is 548 g/mol. The minimum atomic E-state index is -3.24. The van der Waals surface area contributed by atoms with E-state index in [0.717, 1.165) is 29.2 Å². The third-order valence-corrected chi connectivity index (χ3v) is 7.94. The molecule has 1 spiro atoms. The first-order valence-corrected chi connectivity index (χ1v) is 13.9. The number of carbonyl (C=O) groups excluding carboxylic acids is 2. The van der Waals surface area contributed by atoms with Crippen molar-refractivity contribution in [1.29, 1.82) is 0 Å². The summed E-state index contributed by atoms with van der Waals surface area (Å²) in [6.45, 7) is 5.26. The molecule has 11 heteroatoms. The van der Waals surface area contributed by atoms with Crippen LogP contribution in [0.15, 0.2) is 69.4 Å². The Hall–Kier alpha value is -4.41. The summed E-state index contributed by atoms with van der Waals surface area (Å²) in [5, 5.41) is 3.31. The van der Waals surface area contributed by atoms with Gasteiger partial charge in [-0.1, -0.05) is 12.1 Å². The zero-order valence-electron chi connectivity index (χ0n) is 23.7. The van der Waals surface area contributed by atoms with Gasteiger partial charge in [-0.2, -0.15) is 0 Å². The Labute approximate surface area is 241 Å². The number of halogens is 2. The number of likely N-dealkylation sites (tertiary alicyclic amines) is 1. The molecule has 42 heavy (non-hydrogen) atoms. The SMILES string of the molecule is CCN(CC)c1ccc2c(COC(=O)N3CCC(F)(F)C34C=C4CC(=O)NCc3ccc(OC)cc3)cc(=O)oc2c1. The van der Waals surface area contributed by atoms with Crippen LogP contribution in [-0.4, -0.2) is 55.1 Å². The summed E-state index contributed by atoms with van der Waals surface area (Å²) in [5.41, 5.74) is 0.0534. The molecule has 1 N–H and O–H groups in total. The van der Waals surface area contributed by atoms with E-state index in [1.807, 2.05) is 19.9 Å². The smallest absolute Gasteiger partial charge is 0.411 e. The fourth-order valence-corrected chi connectivity index (χ4v) is 5.57. The maximum atomic E-state index is 15.1. The van der Waals surface area contributed by atoms with Crippen LogP contribution in [0.2, 0.25) is 0 Å². The fourth-order valence-electron chi connectivity index (χ4n) is 5.57. The van der Waals surface area contributed by atoms with Crippen LogP contribution >= 0.6 is 0 Å². The van der Waals surface area contributed by atoms with Crippen LogP contribution < -0.4 is 20.6 Å². The van der Waals surface area contributed by atoms with E-state index < -0.39 is 35.5 Å². The molecule has 1 unspecified atom stereocenters. The first-order valence-electron chi connectivity index (χ1n) is 13.9. The third-order valence-electron chi connectivity index (χ3n) is 7.94. The Morgan fingerprint density at radius 2 is 1.83 bits per heavy atom. The van der Waals surface area contributed by atoms with Gasteiger partial charge in [0.2, 0.25) is 5.91 Å². The molecule has 1 saturated heterocycles. The van der Waals surface area contributed by atoms with Crippen molar-refractivity contribution in [2.75, 3.05) is 31.6 Å². The molecule has 0 bridgehead atoms. The Balaban J connectivity index is 1.24. The summed E-state index contributed by atoms with van der Waals surface area (Å²) in [6, 6.07) is 13.8. The number of hydrogen-bond acceptors (Lipinski definition) is 7. The molecule has 1 atom stereocenters. The molecule has 0 radical (unpaired) electrons. The van der Waals surface area contributed by atoms with Crippen molar-refractivity contribution in [2.24, 2.45) is 0 Å². The number of hydrogen-bond donors (Lipinski definition) is 1. The number of alkyl halides is 2. The van der Waals surface area contributed by atoms with Gasteiger partial charge in [0, 0.05) is 61.4 Å². The van der Waals surface area contributed by atoms with Crippen molar-refractivity contribution in [3.63, 3.8) is 0 Å². The van der Waals surface area contributed by atoms with Crippen molar-refractivity contribution >= 4 is 28.7 Å². The second-order valence-electron chi connectivity index (χ2n) is 10.3. The Morgan fingerprint density at radius 3 is 2.52 bits per heavy atom. The number of benzene rings is 2. The Morgan fingerprint density at radius 1 is 1.10 bits per heavy atom. The number of nitrogens with one attached hydrogen (secondary N) is 1. The van der Waals surface area contributed by atoms with Gasteiger partial charge < -0.3 is 24.1 Å². The minimum Gasteiger partial charge on any atom is -0.497 e. The van der Waals surface area contributed by atoms with E-state index in [-0.39, 0.29) is 31.7 Å². The molecule has 1 aromatic heterocycles. The van der Waals surface area contributed by atoms with Crippen LogP contribution in [0, 0.1) is 0 Å². The first kappa shape index (κ1) is 29.1. The highest BCUT2D eigenvalue weighted by molar-refractivity contribution is 5.85. The van der Waals surface area contributed by atoms with Gasteiger partial charge in [-0.3, -0.25) is 9.69 Å². The molecule has 1 aliphatic heterocycles. The highest BCUT2D eigenvalue weighted by atomic mass is 19.3. The first-order chi connectivity index (χ1) is 20.1. The standard InChI is InChI=1S/C31H33F2N3O6/c1-4-35(5-2)23-8-11-25-21(14-28(38)42-26(25)16-23)19-41-29(39)36-13-12-31(32,33)30(36)17-22(30)15-27(37)34-18-20-6-9-24(40-3)10-7-20/h6-11,14,16-17H,4-5,12-13,15,18-19H2,1-3H3,(H,34,37). The lowest BCUT2D eigenvalue weighted by atomic mass is 10.0. The molecule has 2 aliphatic rings. The van der Waals surface area contributed by atoms with Crippen LogP contribution in [0.5, 0.6) is 5.75 Å². The topological polar surface area (TPSA) is 101 Å². The average molecular weight is 582 g/mol. The summed E-state index contributed by atoms with van der Waals surface area (Å²) in [5.74, 6) is -2.99. The van der Waals surface area contributed by atoms with Crippen molar-refractivity contribution in [3.05, 3.63) is 81.7 Å². The number of rotatable bonds is 10. The third kappa shape index (κ3) is 5.43. The monoisotopic (exact) mass is 581 g/mol. The Bertz CT molecular complexity index is 1580. The van der Waals surface area contributed by atoms with Gasteiger partial charge in [-0.15, -0.1) is 0 Å². The van der Waals surface area contributed by atoms with Crippen LogP contribution in [-0.2, 0) is 22.7 Å². The number of carbonyl (C=O) groups is 2. The van der Waals surface area contributed by atoms with E-state index in [1.54, 1.807) is 43.5 Å². The second kappa shape index (κ2) is 11.5. The van der Waals surface area contributed by atoms with Crippen LogP contribution in [0.4, 0.5) is 19.3 Å². The van der Waals surface area contributed by atoms with E-state index in [0.29, 0.717) is 22.3 Å². The normalized spacial score (nSPS) is 18.6. The molecule has 2 amide bonds. The van der Waals surface area contributed by atoms with E-state index in [4.69, 9.17) is 13.9 Å². The van der Waals surface area contributed by atoms with Crippen LogP contribution in [0.1, 0.15) is 37.8 Å². The lowest BCUT2D eigenvalue weighted by Gasteiger charge is -2.29. The van der Waals surface area contributed by atoms with Crippen LogP contribution in [0.3, 0.4) is 0 Å². The molecule has 1 aliphatic carbocycles. The highest BCUT2D eigenvalue weighted by Gasteiger charge is 2.71. The van der Waals surface area contributed by atoms with Gasteiger partial charge in [0.25, 0.3) is 5.92 Å². The van der Waals surface area contributed by atoms with Gasteiger partial charge in [0.05, 0.1) is 13.5 Å². The molecule has 9 nitrogen and oxygen atoms in total. The summed E-state index contributed by atoms with van der Waals surface area (Å²) >= 11 is 0. The molecule has 222 valence electrons. The summed E-state index contributed by atoms with van der Waals surface area (Å²) in [4.78, 5) is 41.0. The number of methoxy groups -OCH3 is 1. The predicted octanol–water partition coefficient (Wildman–Crippen LogP) is 5.01. The van der Waals surface area contributed by atoms with Gasteiger partial charge in [0.1, 0.15) is 17.9 Å². The minimum absolute atomic E-state index is 0.170. The molecule has 2 aromatic carbocycles. The fraction of sp³-hybridized carbons (Fsp3) is 0.387. The summed E-state index contributed by atoms with van der Waals surface area (Å²) in [6.07, 6.45) is -0.496. The van der Waals surface area contributed by atoms with Gasteiger partial charge in [0.15, 0.2) is 5.54 Å². The number of amides is 2. The number of nitrogens with zero attached hydrogens (tertiary/aromatic N) is 2. The molecule has 1 fully saturated rings. The predicted molar refractivity (Wildman–Crippen MR) is 153 cm³/mol. The molecule has 3 aromatic rings. The van der Waals surface area contributed by atoms with Crippen molar-refractivity contribution in [3.8, 4) is 5.75 Å². The number of anilines is 1. The summed E-state index contributed by atoms with van der Waals surface area (Å²) in [7, 11) is 1.55. The second-order valence-corrected chi connectivity index (χ2v) is 10.3. The maximum absolute atomic E-state index is 15.1. The number of ether oxygens (including phenoxy) is 2. The average Bonchev–Trinajstić information content (AvgIpc) is 3.63. The van der Waals surface area contributed by atoms with E-state index in [1.165, 1.54) is 12.1 Å². The highest BCUT2D eigenvalue weighted by Crippen LogP contribution is 2.58. The largest absolute Gasteiger partial charge is 0.497 e. The van der Waals surface area contributed by atoms with E-state index in [2.05, 4.69) is 10.2 Å². The molecular formula is C31H33F2N3O6. The lowest BCUT2D eigenvalue weighted by molar-refractivity contribution is -0.120. The van der Waals surface area contributed by atoms with Crippen molar-refractivity contribution < 1.29 is 32.3 Å². The van der Waals surface area contributed by atoms with Gasteiger partial charge in [-0.05, 0) is 55.3 Å².